The van der Waals surface area contributed by atoms with Crippen molar-refractivity contribution in [1.29, 1.82) is 0 Å². The first-order chi connectivity index (χ1) is 12.6. The van der Waals surface area contributed by atoms with Crippen LogP contribution in [0.4, 0.5) is 8.78 Å². The molecule has 0 N–H and O–H groups in total. The maximum atomic E-state index is 12.9. The molecule has 0 amide bonds. The summed E-state index contributed by atoms with van der Waals surface area (Å²) in [4.78, 5) is 0. The maximum absolute atomic E-state index is 12.9. The summed E-state index contributed by atoms with van der Waals surface area (Å²) in [6.07, 6.45) is 1.61. The molecule has 5 nitrogen and oxygen atoms in total. The van der Waals surface area contributed by atoms with Crippen molar-refractivity contribution >= 4 is 18.0 Å². The lowest BCUT2D eigenvalue weighted by atomic mass is 10.1. The van der Waals surface area contributed by atoms with Gasteiger partial charge >= 0.3 is 0 Å². The number of hydrogen-bond acceptors (Lipinski definition) is 5. The molecule has 0 unspecified atom stereocenters. The first-order valence-corrected chi connectivity index (χ1v) is 8.61. The molecule has 134 valence electrons. The number of rotatable bonds is 6. The fraction of sp³-hybridized carbons (Fsp3) is 0.167. The number of aryl methyl sites for hydroxylation is 1. The van der Waals surface area contributed by atoms with E-state index in [0.29, 0.717) is 28.9 Å². The van der Waals surface area contributed by atoms with Gasteiger partial charge in [-0.15, -0.1) is 10.2 Å². The second kappa shape index (κ2) is 8.09. The Balaban J connectivity index is 2.02. The van der Waals surface area contributed by atoms with Gasteiger partial charge in [0.2, 0.25) is 5.16 Å². The van der Waals surface area contributed by atoms with E-state index >= 15 is 0 Å². The largest absolute Gasteiger partial charge is 0.497 e. The number of benzene rings is 2. The molecule has 0 saturated carbocycles. The first kappa shape index (κ1) is 18.1. The SMILES string of the molecule is COc1ccc(-c2nnc(SC(F)F)n2/N=C\c2ccccc2C)cc1. The normalized spacial score (nSPS) is 11.4. The Morgan fingerprint density at radius 1 is 1.12 bits per heavy atom. The topological polar surface area (TPSA) is 52.3 Å². The standard InChI is InChI=1S/C18H16F2N4OS/c1-12-5-3-4-6-14(12)11-21-24-16(22-23-18(24)26-17(19)20)13-7-9-15(25-2)10-8-13/h3-11,17H,1-2H3/b21-11-. The number of ether oxygens (including phenoxy) is 1. The maximum Gasteiger partial charge on any atom is 0.291 e. The van der Waals surface area contributed by atoms with Gasteiger partial charge in [0.25, 0.3) is 5.76 Å². The van der Waals surface area contributed by atoms with Crippen molar-refractivity contribution < 1.29 is 13.5 Å². The predicted molar refractivity (Wildman–Crippen MR) is 98.0 cm³/mol. The van der Waals surface area contributed by atoms with E-state index in [1.165, 1.54) is 4.68 Å². The number of hydrogen-bond donors (Lipinski definition) is 0. The van der Waals surface area contributed by atoms with Gasteiger partial charge in [-0.05, 0) is 54.1 Å². The van der Waals surface area contributed by atoms with Gasteiger partial charge in [-0.25, -0.2) is 0 Å². The molecule has 1 heterocycles. The van der Waals surface area contributed by atoms with Crippen LogP contribution >= 0.6 is 11.8 Å². The van der Waals surface area contributed by atoms with Crippen molar-refractivity contribution in [1.82, 2.24) is 14.9 Å². The Morgan fingerprint density at radius 3 is 2.50 bits per heavy atom. The molecule has 2 aromatic carbocycles. The third kappa shape index (κ3) is 4.08. The predicted octanol–water partition coefficient (Wildman–Crippen LogP) is 4.46. The molecular weight excluding hydrogens is 358 g/mol. The van der Waals surface area contributed by atoms with E-state index in [-0.39, 0.29) is 5.16 Å². The van der Waals surface area contributed by atoms with E-state index in [1.54, 1.807) is 37.6 Å². The van der Waals surface area contributed by atoms with Crippen LogP contribution in [0.5, 0.6) is 5.75 Å². The highest BCUT2D eigenvalue weighted by molar-refractivity contribution is 7.99. The summed E-state index contributed by atoms with van der Waals surface area (Å²) < 4.78 is 32.2. The highest BCUT2D eigenvalue weighted by Gasteiger charge is 2.18. The van der Waals surface area contributed by atoms with Gasteiger partial charge in [-0.1, -0.05) is 24.3 Å². The Kier molecular flexibility index (Phi) is 5.62. The Labute approximate surface area is 153 Å². The van der Waals surface area contributed by atoms with E-state index in [4.69, 9.17) is 4.74 Å². The van der Waals surface area contributed by atoms with E-state index in [0.717, 1.165) is 11.1 Å². The van der Waals surface area contributed by atoms with Gasteiger partial charge < -0.3 is 4.74 Å². The highest BCUT2D eigenvalue weighted by atomic mass is 32.2. The van der Waals surface area contributed by atoms with Gasteiger partial charge in [0.1, 0.15) is 5.75 Å². The number of aromatic nitrogens is 3. The molecule has 0 fully saturated rings. The first-order valence-electron chi connectivity index (χ1n) is 7.73. The summed E-state index contributed by atoms with van der Waals surface area (Å²) >= 11 is 0.305. The fourth-order valence-electron chi connectivity index (χ4n) is 2.29. The van der Waals surface area contributed by atoms with Gasteiger partial charge in [0.15, 0.2) is 5.82 Å². The smallest absolute Gasteiger partial charge is 0.291 e. The van der Waals surface area contributed by atoms with Crippen LogP contribution in [-0.4, -0.2) is 34.0 Å². The molecule has 0 bridgehead atoms. The second-order valence-electron chi connectivity index (χ2n) is 5.33. The Morgan fingerprint density at radius 2 is 1.85 bits per heavy atom. The van der Waals surface area contributed by atoms with Gasteiger partial charge in [-0.3, -0.25) is 0 Å². The Bertz CT molecular complexity index is 910. The average Bonchev–Trinajstić information content (AvgIpc) is 3.03. The quantitative estimate of drug-likeness (QED) is 0.472. The monoisotopic (exact) mass is 374 g/mol. The number of alkyl halides is 2. The van der Waals surface area contributed by atoms with Crippen molar-refractivity contribution in [2.24, 2.45) is 5.10 Å². The molecule has 26 heavy (non-hydrogen) atoms. The molecule has 3 aromatic rings. The summed E-state index contributed by atoms with van der Waals surface area (Å²) in [6, 6.07) is 14.7. The molecule has 1 aromatic heterocycles. The molecule has 0 aliphatic heterocycles. The molecule has 8 heteroatoms. The van der Waals surface area contributed by atoms with Crippen molar-refractivity contribution in [2.75, 3.05) is 7.11 Å². The van der Waals surface area contributed by atoms with Gasteiger partial charge in [0, 0.05) is 5.56 Å². The van der Waals surface area contributed by atoms with Crippen LogP contribution in [0.2, 0.25) is 0 Å². The number of thioether (sulfide) groups is 1. The fourth-order valence-corrected chi connectivity index (χ4v) is 2.78. The molecule has 0 aliphatic carbocycles. The second-order valence-corrected chi connectivity index (χ2v) is 6.28. The van der Waals surface area contributed by atoms with Crippen molar-refractivity contribution in [3.8, 4) is 17.1 Å². The van der Waals surface area contributed by atoms with E-state index in [1.807, 2.05) is 31.2 Å². The molecule has 0 radical (unpaired) electrons. The van der Waals surface area contributed by atoms with E-state index in [2.05, 4.69) is 15.3 Å². The number of nitrogens with zero attached hydrogens (tertiary/aromatic N) is 4. The van der Waals surface area contributed by atoms with Crippen LogP contribution in [0.3, 0.4) is 0 Å². The molecule has 0 aliphatic rings. The van der Waals surface area contributed by atoms with Crippen LogP contribution in [0.1, 0.15) is 11.1 Å². The molecule has 0 spiro atoms. The highest BCUT2D eigenvalue weighted by Crippen LogP contribution is 2.28. The summed E-state index contributed by atoms with van der Waals surface area (Å²) in [7, 11) is 1.57. The lowest BCUT2D eigenvalue weighted by Gasteiger charge is -2.06. The molecule has 0 saturated heterocycles. The summed E-state index contributed by atoms with van der Waals surface area (Å²) in [5, 5.41) is 12.3. The van der Waals surface area contributed by atoms with Crippen LogP contribution in [0.15, 0.2) is 58.8 Å². The molecule has 3 rings (SSSR count). The number of methoxy groups -OCH3 is 1. The van der Waals surface area contributed by atoms with Crippen molar-refractivity contribution in [3.63, 3.8) is 0 Å². The van der Waals surface area contributed by atoms with Crippen LogP contribution in [0, 0.1) is 6.92 Å². The number of halogens is 2. The lowest BCUT2D eigenvalue weighted by Crippen LogP contribution is -1.99. The van der Waals surface area contributed by atoms with E-state index in [9.17, 15) is 8.78 Å². The molecule has 0 atom stereocenters. The third-order valence-corrected chi connectivity index (χ3v) is 4.30. The van der Waals surface area contributed by atoms with Crippen LogP contribution in [-0.2, 0) is 0 Å². The summed E-state index contributed by atoms with van der Waals surface area (Å²) in [6.45, 7) is 1.95. The van der Waals surface area contributed by atoms with Crippen molar-refractivity contribution in [3.05, 3.63) is 59.7 Å². The van der Waals surface area contributed by atoms with Crippen LogP contribution < -0.4 is 4.74 Å². The minimum atomic E-state index is -2.62. The zero-order valence-corrected chi connectivity index (χ0v) is 15.0. The minimum absolute atomic E-state index is 0.0238. The lowest BCUT2D eigenvalue weighted by molar-refractivity contribution is 0.251. The van der Waals surface area contributed by atoms with Gasteiger partial charge in [-0.2, -0.15) is 18.6 Å². The molecular formula is C18H16F2N4OS. The third-order valence-electron chi connectivity index (χ3n) is 3.66. The zero-order chi connectivity index (χ0) is 18.5. The average molecular weight is 374 g/mol. The Hall–Kier alpha value is -2.74. The van der Waals surface area contributed by atoms with Crippen LogP contribution in [0.25, 0.3) is 11.4 Å². The summed E-state index contributed by atoms with van der Waals surface area (Å²) in [5.41, 5.74) is 2.61. The van der Waals surface area contributed by atoms with Crippen molar-refractivity contribution in [2.45, 2.75) is 17.8 Å². The van der Waals surface area contributed by atoms with Gasteiger partial charge in [0.05, 0.1) is 13.3 Å². The van der Waals surface area contributed by atoms with E-state index < -0.39 is 5.76 Å². The minimum Gasteiger partial charge on any atom is -0.497 e. The summed E-state index contributed by atoms with van der Waals surface area (Å²) in [5.74, 6) is -1.55. The zero-order valence-electron chi connectivity index (χ0n) is 14.1.